The molecule has 76 heavy (non-hydrogen) atoms. The number of aromatic nitrogens is 7. The van der Waals surface area contributed by atoms with E-state index in [0.717, 1.165) is 138 Å². The highest BCUT2D eigenvalue weighted by atomic mass is 15.2. The zero-order valence-corrected chi connectivity index (χ0v) is 41.0. The van der Waals surface area contributed by atoms with E-state index >= 15 is 0 Å². The van der Waals surface area contributed by atoms with Gasteiger partial charge in [-0.15, -0.1) is 0 Å². The summed E-state index contributed by atoms with van der Waals surface area (Å²) in [6.45, 7) is 0. The molecular formula is C69H43N7. The summed E-state index contributed by atoms with van der Waals surface area (Å²) < 4.78 is 9.73. The van der Waals surface area contributed by atoms with E-state index in [1.165, 1.54) is 0 Å². The number of nitrogens with zero attached hydrogens (tertiary/aromatic N) is 7. The molecule has 0 N–H and O–H groups in total. The highest BCUT2D eigenvalue weighted by molar-refractivity contribution is 6.15. The van der Waals surface area contributed by atoms with E-state index in [2.05, 4.69) is 273 Å². The molecule has 0 spiro atoms. The van der Waals surface area contributed by atoms with E-state index in [-0.39, 0.29) is 0 Å². The second kappa shape index (κ2) is 16.6. The first-order chi connectivity index (χ1) is 37.8. The smallest absolute Gasteiger partial charge is 0.165 e. The van der Waals surface area contributed by atoms with E-state index in [1.807, 2.05) is 6.07 Å². The second-order valence-electron chi connectivity index (χ2n) is 19.5. The molecular weight excluding hydrogens is 927 g/mol. The largest absolute Gasteiger partial charge is 0.305 e. The molecule has 16 rings (SSSR count). The lowest BCUT2D eigenvalue weighted by Crippen LogP contribution is -2.16. The number of hydrogen-bond acceptors (Lipinski definition) is 3. The fraction of sp³-hybridized carbons (Fsp3) is 0. The van der Waals surface area contributed by atoms with Crippen molar-refractivity contribution < 1.29 is 0 Å². The minimum Gasteiger partial charge on any atom is -0.305 e. The summed E-state index contributed by atoms with van der Waals surface area (Å²) in [6.07, 6.45) is 0. The summed E-state index contributed by atoms with van der Waals surface area (Å²) >= 11 is 0. The fourth-order valence-electron chi connectivity index (χ4n) is 12.2. The lowest BCUT2D eigenvalue weighted by Gasteiger charge is -2.26. The van der Waals surface area contributed by atoms with E-state index in [1.54, 1.807) is 0 Å². The molecule has 0 bridgehead atoms. The quantitative estimate of drug-likeness (QED) is 0.160. The van der Waals surface area contributed by atoms with Gasteiger partial charge in [0.25, 0.3) is 0 Å². The summed E-state index contributed by atoms with van der Waals surface area (Å²) in [5.74, 6) is 2.12. The van der Waals surface area contributed by atoms with Gasteiger partial charge in [0.05, 0.1) is 61.1 Å². The molecule has 10 aromatic carbocycles. The third kappa shape index (κ3) is 6.14. The summed E-state index contributed by atoms with van der Waals surface area (Å²) in [7, 11) is 0. The van der Waals surface area contributed by atoms with Crippen LogP contribution in [-0.4, -0.2) is 33.2 Å². The number of rotatable bonds is 7. The molecule has 0 aliphatic carbocycles. The Balaban J connectivity index is 1.24. The van der Waals surface area contributed by atoms with Gasteiger partial charge >= 0.3 is 0 Å². The first-order valence-corrected chi connectivity index (χ1v) is 25.8. The molecule has 0 unspecified atom stereocenters. The van der Waals surface area contributed by atoms with Gasteiger partial charge in [-0.2, -0.15) is 0 Å². The van der Waals surface area contributed by atoms with E-state index < -0.39 is 0 Å². The average Bonchev–Trinajstić information content (AvgIpc) is 4.32. The van der Waals surface area contributed by atoms with Crippen LogP contribution in [0.15, 0.2) is 261 Å². The normalized spacial score (nSPS) is 11.9. The zero-order valence-electron chi connectivity index (χ0n) is 41.0. The van der Waals surface area contributed by atoms with Gasteiger partial charge < -0.3 is 9.13 Å². The average molecular weight is 970 g/mol. The van der Waals surface area contributed by atoms with Crippen LogP contribution in [0.5, 0.6) is 0 Å². The van der Waals surface area contributed by atoms with Gasteiger partial charge in [-0.05, 0) is 54.6 Å². The van der Waals surface area contributed by atoms with Crippen LogP contribution in [0.25, 0.3) is 144 Å². The van der Waals surface area contributed by atoms with Gasteiger partial charge in [-0.1, -0.05) is 206 Å². The maximum absolute atomic E-state index is 6.39. The molecule has 0 saturated heterocycles. The molecule has 0 saturated carbocycles. The number of fused-ring (bicyclic) bond motifs is 12. The standard InChI is InChI=1S/C69H43N7/c1-3-23-44(24-4-1)54-43-55(71-67(70-54)45-25-5-2-6-26-45)64-65(73-56-35-15-7-27-46(56)47-28-8-16-36-57(47)73)68(75-60-39-19-11-31-50(60)51-32-12-20-40-61(51)75)72-69(76-62-41-21-13-33-52(62)53-34-14-22-42-63(53)76)66(64)74-58-37-17-9-29-48(58)49-30-10-18-38-59(49)74/h1-43H. The zero-order chi connectivity index (χ0) is 49.8. The van der Waals surface area contributed by atoms with E-state index in [4.69, 9.17) is 15.0 Å². The highest BCUT2D eigenvalue weighted by Crippen LogP contribution is 2.49. The third-order valence-electron chi connectivity index (χ3n) is 15.4. The van der Waals surface area contributed by atoms with Crippen LogP contribution in [0, 0.1) is 0 Å². The Kier molecular flexibility index (Phi) is 9.20. The maximum Gasteiger partial charge on any atom is 0.165 e. The van der Waals surface area contributed by atoms with Crippen molar-refractivity contribution in [3.8, 4) is 56.9 Å². The van der Waals surface area contributed by atoms with Gasteiger partial charge in [-0.3, -0.25) is 9.13 Å². The van der Waals surface area contributed by atoms with Crippen molar-refractivity contribution in [1.82, 2.24) is 33.2 Å². The monoisotopic (exact) mass is 969 g/mol. The van der Waals surface area contributed by atoms with Crippen LogP contribution in [0.4, 0.5) is 0 Å². The predicted octanol–water partition coefficient (Wildman–Crippen LogP) is 17.3. The number of pyridine rings is 1. The molecule has 0 aliphatic rings. The Morgan fingerprint density at radius 3 is 0.816 bits per heavy atom. The highest BCUT2D eigenvalue weighted by Gasteiger charge is 2.33. The van der Waals surface area contributed by atoms with Crippen LogP contribution < -0.4 is 0 Å². The van der Waals surface area contributed by atoms with Gasteiger partial charge in [0, 0.05) is 54.2 Å². The van der Waals surface area contributed by atoms with E-state index in [0.29, 0.717) is 5.82 Å². The first-order valence-electron chi connectivity index (χ1n) is 25.8. The molecule has 16 aromatic rings. The molecule has 6 aromatic heterocycles. The Labute approximate surface area is 436 Å². The second-order valence-corrected chi connectivity index (χ2v) is 19.5. The Hall–Kier alpha value is -10.4. The van der Waals surface area contributed by atoms with Crippen molar-refractivity contribution >= 4 is 87.2 Å². The van der Waals surface area contributed by atoms with Crippen LogP contribution >= 0.6 is 0 Å². The molecule has 6 heterocycles. The predicted molar refractivity (Wildman–Crippen MR) is 313 cm³/mol. The summed E-state index contributed by atoms with van der Waals surface area (Å²) in [5, 5.41) is 9.11. The van der Waals surface area contributed by atoms with Crippen molar-refractivity contribution in [2.45, 2.75) is 0 Å². The molecule has 0 atom stereocenters. The van der Waals surface area contributed by atoms with Crippen LogP contribution in [0.1, 0.15) is 0 Å². The molecule has 354 valence electrons. The number of hydrogen-bond donors (Lipinski definition) is 0. The van der Waals surface area contributed by atoms with Crippen molar-refractivity contribution in [2.75, 3.05) is 0 Å². The minimum atomic E-state index is 0.618. The summed E-state index contributed by atoms with van der Waals surface area (Å²) in [5.41, 5.74) is 14.4. The lowest BCUT2D eigenvalue weighted by atomic mass is 10.0. The number of para-hydroxylation sites is 8. The fourth-order valence-corrected chi connectivity index (χ4v) is 12.2. The topological polar surface area (TPSA) is 58.4 Å². The Morgan fingerprint density at radius 1 is 0.224 bits per heavy atom. The van der Waals surface area contributed by atoms with Crippen molar-refractivity contribution in [1.29, 1.82) is 0 Å². The van der Waals surface area contributed by atoms with Crippen LogP contribution in [0.3, 0.4) is 0 Å². The van der Waals surface area contributed by atoms with Crippen LogP contribution in [0.2, 0.25) is 0 Å². The maximum atomic E-state index is 6.39. The Bertz CT molecular complexity index is 4480. The van der Waals surface area contributed by atoms with Gasteiger partial charge in [-0.25, -0.2) is 15.0 Å². The van der Waals surface area contributed by atoms with Crippen molar-refractivity contribution in [2.24, 2.45) is 0 Å². The van der Waals surface area contributed by atoms with Gasteiger partial charge in [0.15, 0.2) is 17.5 Å². The number of benzene rings is 10. The van der Waals surface area contributed by atoms with Crippen molar-refractivity contribution in [3.63, 3.8) is 0 Å². The molecule has 0 fully saturated rings. The first kappa shape index (κ1) is 42.2. The molecule has 7 nitrogen and oxygen atoms in total. The molecule has 7 heteroatoms. The minimum absolute atomic E-state index is 0.618. The third-order valence-corrected chi connectivity index (χ3v) is 15.4. The summed E-state index contributed by atoms with van der Waals surface area (Å²) in [6, 6.07) is 93.2. The van der Waals surface area contributed by atoms with Gasteiger partial charge in [0.1, 0.15) is 11.4 Å². The molecule has 0 radical (unpaired) electrons. The van der Waals surface area contributed by atoms with Crippen LogP contribution in [-0.2, 0) is 0 Å². The van der Waals surface area contributed by atoms with Gasteiger partial charge in [0.2, 0.25) is 0 Å². The SMILES string of the molecule is c1ccc(-c2cc(-c3c(-n4c5ccccc5c5ccccc54)c(-n4c5ccccc5c5ccccc54)nc(-n4c5ccccc5c5ccccc54)c3-n3c4ccccc4c4ccccc43)nc(-c3ccccc3)n2)cc1. The Morgan fingerprint density at radius 2 is 0.487 bits per heavy atom. The molecule has 0 aliphatic heterocycles. The van der Waals surface area contributed by atoms with Crippen molar-refractivity contribution in [3.05, 3.63) is 261 Å². The lowest BCUT2D eigenvalue weighted by molar-refractivity contribution is 0.958. The van der Waals surface area contributed by atoms with E-state index in [9.17, 15) is 0 Å². The molecule has 0 amide bonds. The summed E-state index contributed by atoms with van der Waals surface area (Å²) in [4.78, 5) is 17.7.